The molecule has 14 heteroatoms. The zero-order valence-corrected chi connectivity index (χ0v) is 18.8. The molecular formula is C21H20F4N4O5S. The Hall–Kier alpha value is -3.68. The molecule has 1 aliphatic rings. The molecule has 0 bridgehead atoms. The molecule has 2 aromatic carbocycles. The lowest BCUT2D eigenvalue weighted by atomic mass is 10.1. The van der Waals surface area contributed by atoms with Crippen LogP contribution in [-0.2, 0) is 21.2 Å². The smallest absolute Gasteiger partial charge is 0.322 e. The van der Waals surface area contributed by atoms with Crippen LogP contribution >= 0.6 is 0 Å². The van der Waals surface area contributed by atoms with Crippen molar-refractivity contribution in [3.05, 3.63) is 65.5 Å². The quantitative estimate of drug-likeness (QED) is 0.477. The number of hydrogen-bond acceptors (Lipinski definition) is 5. The maximum Gasteiger partial charge on any atom is 0.472 e. The molecule has 2 N–H and O–H groups in total. The number of hydrogen-bond donors (Lipinski definition) is 2. The van der Waals surface area contributed by atoms with E-state index < -0.39 is 39.7 Å². The van der Waals surface area contributed by atoms with E-state index in [1.807, 2.05) is 0 Å². The third-order valence-electron chi connectivity index (χ3n) is 5.10. The molecule has 1 aliphatic heterocycles. The fourth-order valence-electron chi connectivity index (χ4n) is 3.20. The maximum absolute atomic E-state index is 14.8. The average Bonchev–Trinajstić information content (AvgIpc) is 2.81. The fraction of sp³-hybridized carbons (Fsp3) is 0.286. The number of benzene rings is 2. The number of carbonyl (C=O) groups is 3. The van der Waals surface area contributed by atoms with Gasteiger partial charge in [0, 0.05) is 29.9 Å². The first-order valence-corrected chi connectivity index (χ1v) is 12.0. The first-order chi connectivity index (χ1) is 16.4. The van der Waals surface area contributed by atoms with Gasteiger partial charge < -0.3 is 4.90 Å². The van der Waals surface area contributed by atoms with Gasteiger partial charge >= 0.3 is 18.1 Å². The second kappa shape index (κ2) is 10.3. The van der Waals surface area contributed by atoms with E-state index in [2.05, 4.69) is 0 Å². The highest BCUT2D eigenvalue weighted by Crippen LogP contribution is 2.22. The van der Waals surface area contributed by atoms with Gasteiger partial charge in [0.1, 0.15) is 5.82 Å². The number of para-hydroxylation sites is 1. The Morgan fingerprint density at radius 3 is 2.17 bits per heavy atom. The lowest BCUT2D eigenvalue weighted by Crippen LogP contribution is -2.49. The number of anilines is 1. The molecule has 1 heterocycles. The third kappa shape index (κ3) is 6.68. The summed E-state index contributed by atoms with van der Waals surface area (Å²) in [4.78, 5) is 38.5. The molecule has 1 fully saturated rings. The largest absolute Gasteiger partial charge is 0.472 e. The standard InChI is InChI=1S/C21H20F4N4O5S/c22-17-12-14(18(30)26-27-19(31)21(23,24)25)6-7-15(17)13-29(16-4-2-1-3-5-16)20(32)28-8-10-35(33,34)11-9-28/h1-7,12H,8-11,13H2,(H,26,30)(H,27,31). The summed E-state index contributed by atoms with van der Waals surface area (Å²) in [6.45, 7) is -0.309. The van der Waals surface area contributed by atoms with Crippen molar-refractivity contribution in [2.24, 2.45) is 0 Å². The number of carbonyl (C=O) groups excluding carboxylic acids is 3. The van der Waals surface area contributed by atoms with Crippen molar-refractivity contribution >= 4 is 33.4 Å². The first kappa shape index (κ1) is 25.9. The molecule has 0 aliphatic carbocycles. The van der Waals surface area contributed by atoms with Gasteiger partial charge in [-0.25, -0.2) is 17.6 Å². The van der Waals surface area contributed by atoms with E-state index in [9.17, 15) is 40.4 Å². The molecule has 35 heavy (non-hydrogen) atoms. The first-order valence-electron chi connectivity index (χ1n) is 10.2. The number of alkyl halides is 3. The lowest BCUT2D eigenvalue weighted by molar-refractivity contribution is -0.174. The van der Waals surface area contributed by atoms with Crippen molar-refractivity contribution in [2.75, 3.05) is 29.5 Å². The lowest BCUT2D eigenvalue weighted by Gasteiger charge is -2.33. The number of nitrogens with zero attached hydrogens (tertiary/aromatic N) is 2. The summed E-state index contributed by atoms with van der Waals surface area (Å²) in [7, 11) is -3.24. The zero-order valence-electron chi connectivity index (χ0n) is 18.0. The minimum atomic E-state index is -5.21. The zero-order chi connectivity index (χ0) is 25.8. The van der Waals surface area contributed by atoms with E-state index in [1.54, 1.807) is 35.8 Å². The number of sulfone groups is 1. The highest BCUT2D eigenvalue weighted by molar-refractivity contribution is 7.91. The molecule has 4 amide bonds. The van der Waals surface area contributed by atoms with Gasteiger partial charge in [-0.15, -0.1) is 0 Å². The van der Waals surface area contributed by atoms with Crippen LogP contribution in [0.2, 0.25) is 0 Å². The normalized spacial score (nSPS) is 15.3. The second-order valence-electron chi connectivity index (χ2n) is 7.56. The third-order valence-corrected chi connectivity index (χ3v) is 6.71. The predicted octanol–water partition coefficient (Wildman–Crippen LogP) is 2.01. The van der Waals surface area contributed by atoms with Crippen LogP contribution in [0.25, 0.3) is 0 Å². The number of rotatable bonds is 4. The van der Waals surface area contributed by atoms with Gasteiger partial charge in [0.05, 0.1) is 18.1 Å². The molecule has 1 saturated heterocycles. The molecule has 188 valence electrons. The maximum atomic E-state index is 14.8. The Labute approximate surface area is 197 Å². The molecule has 0 aromatic heterocycles. The Bertz CT molecular complexity index is 1210. The van der Waals surface area contributed by atoms with Crippen LogP contribution in [0.1, 0.15) is 15.9 Å². The minimum absolute atomic E-state index is 0.0114. The summed E-state index contributed by atoms with van der Waals surface area (Å²) in [5.74, 6) is -4.88. The van der Waals surface area contributed by atoms with E-state index in [-0.39, 0.29) is 42.3 Å². The van der Waals surface area contributed by atoms with Crippen LogP contribution in [0.5, 0.6) is 0 Å². The van der Waals surface area contributed by atoms with Crippen LogP contribution in [0.4, 0.5) is 28.0 Å². The van der Waals surface area contributed by atoms with Crippen molar-refractivity contribution < 1.29 is 40.4 Å². The Kier molecular flexibility index (Phi) is 7.63. The van der Waals surface area contributed by atoms with E-state index in [1.165, 1.54) is 21.3 Å². The summed E-state index contributed by atoms with van der Waals surface area (Å²) in [6, 6.07) is 10.8. The monoisotopic (exact) mass is 516 g/mol. The van der Waals surface area contributed by atoms with Crippen LogP contribution in [0, 0.1) is 5.82 Å². The fourth-order valence-corrected chi connectivity index (χ4v) is 4.40. The molecule has 2 aromatic rings. The van der Waals surface area contributed by atoms with Gasteiger partial charge in [-0.1, -0.05) is 24.3 Å². The molecule has 0 saturated carbocycles. The van der Waals surface area contributed by atoms with Crippen molar-refractivity contribution in [1.82, 2.24) is 15.8 Å². The van der Waals surface area contributed by atoms with Gasteiger partial charge in [-0.05, 0) is 24.3 Å². The predicted molar refractivity (Wildman–Crippen MR) is 116 cm³/mol. The molecule has 9 nitrogen and oxygen atoms in total. The molecule has 0 unspecified atom stereocenters. The summed E-state index contributed by atoms with van der Waals surface area (Å²) < 4.78 is 74.9. The summed E-state index contributed by atoms with van der Waals surface area (Å²) in [6.07, 6.45) is -5.21. The van der Waals surface area contributed by atoms with Gasteiger partial charge in [-0.3, -0.25) is 25.3 Å². The Morgan fingerprint density at radius 2 is 1.60 bits per heavy atom. The van der Waals surface area contributed by atoms with Crippen molar-refractivity contribution in [2.45, 2.75) is 12.7 Å². The van der Waals surface area contributed by atoms with E-state index >= 15 is 0 Å². The Morgan fingerprint density at radius 1 is 0.971 bits per heavy atom. The number of nitrogens with one attached hydrogen (secondary N) is 2. The molecule has 0 atom stereocenters. The van der Waals surface area contributed by atoms with Gasteiger partial charge in [0.15, 0.2) is 9.84 Å². The molecular weight excluding hydrogens is 496 g/mol. The van der Waals surface area contributed by atoms with Crippen LogP contribution in [0.15, 0.2) is 48.5 Å². The van der Waals surface area contributed by atoms with Crippen molar-refractivity contribution in [3.63, 3.8) is 0 Å². The van der Waals surface area contributed by atoms with Gasteiger partial charge in [0.2, 0.25) is 0 Å². The second-order valence-corrected chi connectivity index (χ2v) is 9.86. The highest BCUT2D eigenvalue weighted by Gasteiger charge is 2.39. The van der Waals surface area contributed by atoms with Crippen LogP contribution < -0.4 is 15.8 Å². The summed E-state index contributed by atoms with van der Waals surface area (Å²) in [5, 5.41) is 0. The minimum Gasteiger partial charge on any atom is -0.322 e. The molecule has 3 rings (SSSR count). The van der Waals surface area contributed by atoms with E-state index in [4.69, 9.17) is 0 Å². The number of urea groups is 1. The number of amides is 4. The van der Waals surface area contributed by atoms with Gasteiger partial charge in [-0.2, -0.15) is 13.2 Å². The summed E-state index contributed by atoms with van der Waals surface area (Å²) >= 11 is 0. The summed E-state index contributed by atoms with van der Waals surface area (Å²) in [5.41, 5.74) is 2.76. The topological polar surface area (TPSA) is 116 Å². The highest BCUT2D eigenvalue weighted by atomic mass is 32.2. The van der Waals surface area contributed by atoms with Crippen LogP contribution in [-0.4, -0.2) is 61.9 Å². The van der Waals surface area contributed by atoms with Gasteiger partial charge in [0.25, 0.3) is 5.91 Å². The van der Waals surface area contributed by atoms with Crippen molar-refractivity contribution in [3.8, 4) is 0 Å². The van der Waals surface area contributed by atoms with E-state index in [0.717, 1.165) is 12.1 Å². The van der Waals surface area contributed by atoms with E-state index in [0.29, 0.717) is 5.69 Å². The SMILES string of the molecule is O=C(NNC(=O)C(F)(F)F)c1ccc(CN(C(=O)N2CCS(=O)(=O)CC2)c2ccccc2)c(F)c1. The molecule has 0 spiro atoms. The average molecular weight is 516 g/mol. The number of hydrazine groups is 1. The Balaban J connectivity index is 1.77. The van der Waals surface area contributed by atoms with Crippen molar-refractivity contribution in [1.29, 1.82) is 0 Å². The van der Waals surface area contributed by atoms with Crippen LogP contribution in [0.3, 0.4) is 0 Å². The molecule has 0 radical (unpaired) electrons. The number of halogens is 4.